The average molecular weight is 444 g/mol. The number of likely N-dealkylation sites (tertiary alicyclic amines) is 1. The van der Waals surface area contributed by atoms with Crippen molar-refractivity contribution in [1.29, 1.82) is 0 Å². The third-order valence-corrected chi connectivity index (χ3v) is 8.92. The molecule has 0 spiro atoms. The maximum Gasteiger partial charge on any atom is 0.238 e. The van der Waals surface area contributed by atoms with Gasteiger partial charge in [-0.1, -0.05) is 29.8 Å². The van der Waals surface area contributed by atoms with Crippen molar-refractivity contribution in [3.8, 4) is 0 Å². The lowest BCUT2D eigenvalue weighted by atomic mass is 9.47. The summed E-state index contributed by atoms with van der Waals surface area (Å²) in [5, 5.41) is 3.89. The van der Waals surface area contributed by atoms with Crippen molar-refractivity contribution in [1.82, 2.24) is 10.2 Å². The van der Waals surface area contributed by atoms with E-state index in [1.54, 1.807) is 11.8 Å². The molecule has 4 aliphatic carbocycles. The Bertz CT molecular complexity index is 934. The number of hydrogen-bond acceptors (Lipinski definition) is 3. The maximum atomic E-state index is 13.4. The number of primary amides is 1. The highest BCUT2D eigenvalue weighted by molar-refractivity contribution is 6.31. The lowest BCUT2D eigenvalue weighted by Gasteiger charge is -2.59. The second kappa shape index (κ2) is 7.22. The summed E-state index contributed by atoms with van der Waals surface area (Å²) in [6, 6.07) is 7.53. The first-order valence-corrected chi connectivity index (χ1v) is 11.7. The largest absolute Gasteiger partial charge is 0.369 e. The molecule has 4 bridgehead atoms. The van der Waals surface area contributed by atoms with Crippen molar-refractivity contribution in [2.75, 3.05) is 6.54 Å². The summed E-state index contributed by atoms with van der Waals surface area (Å²) in [6.07, 6.45) is 5.02. The lowest BCUT2D eigenvalue weighted by Crippen LogP contribution is -2.63. The molecule has 3 N–H and O–H groups in total. The van der Waals surface area contributed by atoms with Crippen molar-refractivity contribution >= 4 is 29.3 Å². The quantitative estimate of drug-likeness (QED) is 0.685. The Morgan fingerprint density at radius 3 is 2.52 bits per heavy atom. The summed E-state index contributed by atoms with van der Waals surface area (Å²) >= 11 is 6.27. The van der Waals surface area contributed by atoms with Crippen molar-refractivity contribution < 1.29 is 14.4 Å². The number of nitrogens with one attached hydrogen (secondary N) is 1. The highest BCUT2D eigenvalue weighted by Gasteiger charge is 2.59. The molecule has 6 rings (SSSR count). The second-order valence-corrected chi connectivity index (χ2v) is 10.9. The molecular weight excluding hydrogens is 414 g/mol. The van der Waals surface area contributed by atoms with Gasteiger partial charge in [0.05, 0.1) is 0 Å². The van der Waals surface area contributed by atoms with Crippen LogP contribution in [0.15, 0.2) is 24.3 Å². The minimum Gasteiger partial charge on any atom is -0.369 e. The van der Waals surface area contributed by atoms with Gasteiger partial charge in [0.1, 0.15) is 5.41 Å². The van der Waals surface area contributed by atoms with Gasteiger partial charge in [-0.25, -0.2) is 0 Å². The molecule has 1 aromatic carbocycles. The van der Waals surface area contributed by atoms with Crippen LogP contribution < -0.4 is 11.1 Å². The second-order valence-electron chi connectivity index (χ2n) is 10.5. The zero-order chi connectivity index (χ0) is 22.0. The first kappa shape index (κ1) is 20.8. The van der Waals surface area contributed by atoms with Crippen LogP contribution in [-0.4, -0.2) is 35.2 Å². The first-order chi connectivity index (χ1) is 14.7. The highest BCUT2D eigenvalue weighted by atomic mass is 35.5. The number of carbonyl (C=O) groups excluding carboxylic acids is 3. The van der Waals surface area contributed by atoms with E-state index in [0.717, 1.165) is 37.7 Å². The number of amides is 3. The van der Waals surface area contributed by atoms with Crippen LogP contribution in [0.4, 0.5) is 0 Å². The summed E-state index contributed by atoms with van der Waals surface area (Å²) in [5.74, 6) is 0.606. The molecule has 5 fully saturated rings. The highest BCUT2D eigenvalue weighted by Crippen LogP contribution is 2.60. The van der Waals surface area contributed by atoms with Gasteiger partial charge >= 0.3 is 0 Å². The Morgan fingerprint density at radius 1 is 1.19 bits per heavy atom. The fourth-order valence-corrected chi connectivity index (χ4v) is 7.18. The van der Waals surface area contributed by atoms with Gasteiger partial charge in [-0.3, -0.25) is 14.4 Å². The Morgan fingerprint density at radius 2 is 1.87 bits per heavy atom. The molecule has 31 heavy (non-hydrogen) atoms. The molecule has 1 heterocycles. The molecule has 1 aromatic rings. The summed E-state index contributed by atoms with van der Waals surface area (Å²) in [6.45, 7) is 2.72. The minimum absolute atomic E-state index is 0.0405. The third kappa shape index (κ3) is 3.25. The molecule has 0 aromatic heterocycles. The van der Waals surface area contributed by atoms with E-state index in [1.807, 2.05) is 24.3 Å². The number of halogens is 1. The van der Waals surface area contributed by atoms with Crippen LogP contribution in [-0.2, 0) is 20.9 Å². The Kier molecular flexibility index (Phi) is 4.85. The molecule has 6 atom stereocenters. The summed E-state index contributed by atoms with van der Waals surface area (Å²) in [4.78, 5) is 40.5. The fraction of sp³-hybridized carbons (Fsp3) is 0.625. The van der Waals surface area contributed by atoms with Gasteiger partial charge in [0.2, 0.25) is 17.7 Å². The van der Waals surface area contributed by atoms with E-state index in [9.17, 15) is 14.4 Å². The van der Waals surface area contributed by atoms with E-state index in [2.05, 4.69) is 5.32 Å². The Balaban J connectivity index is 1.28. The van der Waals surface area contributed by atoms with Crippen LogP contribution in [0.25, 0.3) is 0 Å². The van der Waals surface area contributed by atoms with Crippen LogP contribution in [0.3, 0.4) is 0 Å². The van der Waals surface area contributed by atoms with Crippen molar-refractivity contribution in [3.05, 3.63) is 34.9 Å². The number of carbonyl (C=O) groups is 3. The predicted molar refractivity (Wildman–Crippen MR) is 117 cm³/mol. The van der Waals surface area contributed by atoms with E-state index in [4.69, 9.17) is 17.3 Å². The molecule has 0 radical (unpaired) electrons. The third-order valence-electron chi connectivity index (χ3n) is 8.55. The SMILES string of the molecule is CC1(C(=O)NC2[C@@H]3CC4C[C@H]2CC(C(N)=O)(C4)C3)CCN(Cc2ccccc2Cl)C1=O. The predicted octanol–water partition coefficient (Wildman–Crippen LogP) is 2.88. The summed E-state index contributed by atoms with van der Waals surface area (Å²) in [5.41, 5.74) is 5.23. The smallest absolute Gasteiger partial charge is 0.238 e. The van der Waals surface area contributed by atoms with Gasteiger partial charge in [-0.2, -0.15) is 0 Å². The van der Waals surface area contributed by atoms with E-state index in [0.29, 0.717) is 30.5 Å². The van der Waals surface area contributed by atoms with E-state index >= 15 is 0 Å². The van der Waals surface area contributed by atoms with Gasteiger partial charge in [0.15, 0.2) is 0 Å². The van der Waals surface area contributed by atoms with E-state index in [-0.39, 0.29) is 41.0 Å². The van der Waals surface area contributed by atoms with Crippen LogP contribution in [0, 0.1) is 28.6 Å². The lowest BCUT2D eigenvalue weighted by molar-refractivity contribution is -0.151. The van der Waals surface area contributed by atoms with E-state index in [1.165, 1.54) is 0 Å². The van der Waals surface area contributed by atoms with Gasteiger partial charge in [0, 0.05) is 29.6 Å². The molecule has 7 heteroatoms. The molecule has 4 unspecified atom stereocenters. The number of hydrogen-bond donors (Lipinski definition) is 2. The normalized spacial score (nSPS) is 38.5. The monoisotopic (exact) mass is 443 g/mol. The summed E-state index contributed by atoms with van der Waals surface area (Å²) < 4.78 is 0. The molecule has 3 amide bonds. The zero-order valence-electron chi connectivity index (χ0n) is 17.9. The Hall–Kier alpha value is -2.08. The van der Waals surface area contributed by atoms with E-state index < -0.39 is 5.41 Å². The first-order valence-electron chi connectivity index (χ1n) is 11.4. The summed E-state index contributed by atoms with van der Waals surface area (Å²) in [7, 11) is 0. The minimum atomic E-state index is -1.06. The van der Waals surface area contributed by atoms with Gasteiger partial charge in [-0.15, -0.1) is 0 Å². The van der Waals surface area contributed by atoms with Crippen LogP contribution >= 0.6 is 11.6 Å². The van der Waals surface area contributed by atoms with Crippen molar-refractivity contribution in [2.24, 2.45) is 34.3 Å². The number of nitrogens with zero attached hydrogens (tertiary/aromatic N) is 1. The fourth-order valence-electron chi connectivity index (χ4n) is 6.98. The topological polar surface area (TPSA) is 92.5 Å². The average Bonchev–Trinajstić information content (AvgIpc) is 3.01. The molecular formula is C24H30ClN3O3. The van der Waals surface area contributed by atoms with Crippen LogP contribution in [0.2, 0.25) is 5.02 Å². The number of benzene rings is 1. The molecule has 4 saturated carbocycles. The van der Waals surface area contributed by atoms with Gasteiger partial charge < -0.3 is 16.0 Å². The molecule has 5 aliphatic rings. The van der Waals surface area contributed by atoms with Gasteiger partial charge in [-0.05, 0) is 74.8 Å². The molecule has 166 valence electrons. The Labute approximate surface area is 187 Å². The van der Waals surface area contributed by atoms with Crippen molar-refractivity contribution in [3.63, 3.8) is 0 Å². The van der Waals surface area contributed by atoms with Crippen LogP contribution in [0.5, 0.6) is 0 Å². The zero-order valence-corrected chi connectivity index (χ0v) is 18.7. The molecule has 1 saturated heterocycles. The maximum absolute atomic E-state index is 13.4. The number of rotatable bonds is 5. The van der Waals surface area contributed by atoms with Gasteiger partial charge in [0.25, 0.3) is 0 Å². The molecule has 1 aliphatic heterocycles. The van der Waals surface area contributed by atoms with Crippen LogP contribution in [0.1, 0.15) is 51.0 Å². The molecule has 6 nitrogen and oxygen atoms in total. The van der Waals surface area contributed by atoms with Crippen molar-refractivity contribution in [2.45, 2.75) is 58.0 Å². The standard InChI is InChI=1S/C24H30ClN3O3/c1-23(6-7-28(22(23)31)13-15-4-2-3-5-18(15)25)21(30)27-19-16-8-14-9-17(19)12-24(10-14,11-16)20(26)29/h2-5,14,16-17,19H,6-13H2,1H3,(H2,26,29)(H,27,30)/t14?,16-,17+,19?,23?,24?. The number of nitrogens with two attached hydrogens (primary N) is 1.